The zero-order chi connectivity index (χ0) is 13.8. The van der Waals surface area contributed by atoms with Crippen LogP contribution in [0.5, 0.6) is 0 Å². The Hall–Kier alpha value is -2.38. The predicted molar refractivity (Wildman–Crippen MR) is 70.5 cm³/mol. The van der Waals surface area contributed by atoms with E-state index in [4.69, 9.17) is 16.9 Å². The normalized spacial score (nSPS) is 9.74. The van der Waals surface area contributed by atoms with Crippen LogP contribution >= 0.6 is 11.6 Å². The van der Waals surface area contributed by atoms with Crippen molar-refractivity contribution in [2.75, 3.05) is 5.32 Å². The number of rotatable bonds is 2. The zero-order valence-electron chi connectivity index (χ0n) is 9.65. The number of nitrogens with zero attached hydrogens (tertiary/aromatic N) is 1. The van der Waals surface area contributed by atoms with Gasteiger partial charge in [-0.15, -0.1) is 0 Å². The number of nitrogens with one attached hydrogen (secondary N) is 1. The number of hydrogen-bond acceptors (Lipinski definition) is 2. The monoisotopic (exact) mass is 274 g/mol. The Labute approximate surface area is 114 Å². The molecule has 19 heavy (non-hydrogen) atoms. The number of benzene rings is 2. The number of amides is 1. The van der Waals surface area contributed by atoms with Gasteiger partial charge in [-0.25, -0.2) is 4.39 Å². The fourth-order valence-electron chi connectivity index (χ4n) is 1.49. The van der Waals surface area contributed by atoms with Gasteiger partial charge in [0.2, 0.25) is 0 Å². The number of carbonyl (C=O) groups is 1. The van der Waals surface area contributed by atoms with Crippen molar-refractivity contribution >= 4 is 23.2 Å². The SMILES string of the molecule is N#Cc1ccc(C(=O)Nc2cccc(Cl)c2F)cc1. The molecule has 1 N–H and O–H groups in total. The molecular weight excluding hydrogens is 267 g/mol. The molecule has 2 aromatic rings. The molecule has 0 aromatic heterocycles. The number of hydrogen-bond donors (Lipinski definition) is 1. The number of halogens is 2. The van der Waals surface area contributed by atoms with Gasteiger partial charge in [-0.05, 0) is 36.4 Å². The molecule has 0 bridgehead atoms. The molecule has 0 atom stereocenters. The maximum Gasteiger partial charge on any atom is 0.255 e. The molecule has 5 heteroatoms. The summed E-state index contributed by atoms with van der Waals surface area (Å²) in [7, 11) is 0. The predicted octanol–water partition coefficient (Wildman–Crippen LogP) is 3.60. The summed E-state index contributed by atoms with van der Waals surface area (Å²) < 4.78 is 13.6. The summed E-state index contributed by atoms with van der Waals surface area (Å²) in [4.78, 5) is 11.9. The fraction of sp³-hybridized carbons (Fsp3) is 0. The van der Waals surface area contributed by atoms with Gasteiger partial charge in [-0.2, -0.15) is 5.26 Å². The van der Waals surface area contributed by atoms with E-state index >= 15 is 0 Å². The molecule has 2 rings (SSSR count). The third-order valence-electron chi connectivity index (χ3n) is 2.48. The van der Waals surface area contributed by atoms with E-state index in [1.54, 1.807) is 6.07 Å². The van der Waals surface area contributed by atoms with Crippen molar-refractivity contribution in [3.8, 4) is 6.07 Å². The topological polar surface area (TPSA) is 52.9 Å². The van der Waals surface area contributed by atoms with Crippen LogP contribution in [0.15, 0.2) is 42.5 Å². The molecule has 0 aliphatic rings. The molecule has 94 valence electrons. The van der Waals surface area contributed by atoms with E-state index in [1.165, 1.54) is 36.4 Å². The van der Waals surface area contributed by atoms with Gasteiger partial charge >= 0.3 is 0 Å². The number of nitriles is 1. The van der Waals surface area contributed by atoms with E-state index in [-0.39, 0.29) is 10.7 Å². The lowest BCUT2D eigenvalue weighted by atomic mass is 10.1. The van der Waals surface area contributed by atoms with Gasteiger partial charge in [0.1, 0.15) is 0 Å². The zero-order valence-corrected chi connectivity index (χ0v) is 10.4. The fourth-order valence-corrected chi connectivity index (χ4v) is 1.67. The average molecular weight is 275 g/mol. The molecule has 0 radical (unpaired) electrons. The lowest BCUT2D eigenvalue weighted by molar-refractivity contribution is 0.102. The minimum Gasteiger partial charge on any atom is -0.319 e. The Morgan fingerprint density at radius 1 is 1.21 bits per heavy atom. The highest BCUT2D eigenvalue weighted by molar-refractivity contribution is 6.31. The van der Waals surface area contributed by atoms with E-state index in [1.807, 2.05) is 6.07 Å². The first-order valence-electron chi connectivity index (χ1n) is 5.37. The van der Waals surface area contributed by atoms with Crippen molar-refractivity contribution in [2.24, 2.45) is 0 Å². The molecular formula is C14H8ClFN2O. The molecule has 0 aliphatic heterocycles. The summed E-state index contributed by atoms with van der Waals surface area (Å²) in [5, 5.41) is 11.0. The highest BCUT2D eigenvalue weighted by Gasteiger charge is 2.11. The van der Waals surface area contributed by atoms with Crippen LogP contribution in [0.25, 0.3) is 0 Å². The van der Waals surface area contributed by atoms with E-state index in [9.17, 15) is 9.18 Å². The Morgan fingerprint density at radius 3 is 2.53 bits per heavy atom. The summed E-state index contributed by atoms with van der Waals surface area (Å²) in [6, 6.07) is 12.3. The van der Waals surface area contributed by atoms with Crippen molar-refractivity contribution in [3.63, 3.8) is 0 Å². The first-order valence-corrected chi connectivity index (χ1v) is 5.75. The number of anilines is 1. The van der Waals surface area contributed by atoms with Crippen LogP contribution in [0.1, 0.15) is 15.9 Å². The summed E-state index contributed by atoms with van der Waals surface area (Å²) >= 11 is 5.62. The second-order valence-electron chi connectivity index (χ2n) is 3.74. The lowest BCUT2D eigenvalue weighted by Gasteiger charge is -2.07. The molecule has 0 unspecified atom stereocenters. The molecule has 0 saturated carbocycles. The van der Waals surface area contributed by atoms with Crippen LogP contribution in [0.4, 0.5) is 10.1 Å². The van der Waals surface area contributed by atoms with Crippen molar-refractivity contribution in [1.29, 1.82) is 5.26 Å². The van der Waals surface area contributed by atoms with Crippen molar-refractivity contribution in [1.82, 2.24) is 0 Å². The molecule has 0 saturated heterocycles. The van der Waals surface area contributed by atoms with Crippen molar-refractivity contribution < 1.29 is 9.18 Å². The van der Waals surface area contributed by atoms with Crippen LogP contribution in [0.2, 0.25) is 5.02 Å². The van der Waals surface area contributed by atoms with Crippen molar-refractivity contribution in [2.45, 2.75) is 0 Å². The quantitative estimate of drug-likeness (QED) is 0.909. The highest BCUT2D eigenvalue weighted by atomic mass is 35.5. The van der Waals surface area contributed by atoms with E-state index in [0.717, 1.165) is 0 Å². The summed E-state index contributed by atoms with van der Waals surface area (Å²) in [5.41, 5.74) is 0.797. The van der Waals surface area contributed by atoms with Crippen LogP contribution in [-0.4, -0.2) is 5.91 Å². The van der Waals surface area contributed by atoms with Crippen LogP contribution in [0.3, 0.4) is 0 Å². The minimum atomic E-state index is -0.675. The molecule has 0 spiro atoms. The first kappa shape index (κ1) is 13.1. The Kier molecular flexibility index (Phi) is 3.79. The third kappa shape index (κ3) is 2.90. The standard InChI is InChI=1S/C14H8ClFN2O/c15-11-2-1-3-12(13(11)16)18-14(19)10-6-4-9(8-17)5-7-10/h1-7H,(H,18,19). The largest absolute Gasteiger partial charge is 0.319 e. The Morgan fingerprint density at radius 2 is 1.89 bits per heavy atom. The van der Waals surface area contributed by atoms with Gasteiger partial charge in [0.05, 0.1) is 22.3 Å². The van der Waals surface area contributed by atoms with Crippen molar-refractivity contribution in [3.05, 3.63) is 64.4 Å². The van der Waals surface area contributed by atoms with E-state index in [0.29, 0.717) is 11.1 Å². The van der Waals surface area contributed by atoms with Gasteiger partial charge in [0, 0.05) is 5.56 Å². The van der Waals surface area contributed by atoms with Crippen LogP contribution < -0.4 is 5.32 Å². The molecule has 1 amide bonds. The molecule has 0 fully saturated rings. The number of carbonyl (C=O) groups excluding carboxylic acids is 1. The molecule has 0 aliphatic carbocycles. The van der Waals surface area contributed by atoms with E-state index < -0.39 is 11.7 Å². The van der Waals surface area contributed by atoms with Crippen LogP contribution in [-0.2, 0) is 0 Å². The minimum absolute atomic E-state index is 0.0156. The highest BCUT2D eigenvalue weighted by Crippen LogP contribution is 2.22. The Balaban J connectivity index is 2.21. The average Bonchev–Trinajstić information content (AvgIpc) is 2.44. The summed E-state index contributed by atoms with van der Waals surface area (Å²) in [6.45, 7) is 0. The molecule has 2 aromatic carbocycles. The second-order valence-corrected chi connectivity index (χ2v) is 4.15. The summed E-state index contributed by atoms with van der Waals surface area (Å²) in [5.74, 6) is -1.14. The molecule has 3 nitrogen and oxygen atoms in total. The van der Waals surface area contributed by atoms with Gasteiger partial charge in [0.25, 0.3) is 5.91 Å². The maximum atomic E-state index is 13.6. The Bertz CT molecular complexity index is 662. The summed E-state index contributed by atoms with van der Waals surface area (Å²) in [6.07, 6.45) is 0. The van der Waals surface area contributed by atoms with Crippen LogP contribution in [0, 0.1) is 17.1 Å². The lowest BCUT2D eigenvalue weighted by Crippen LogP contribution is -2.13. The maximum absolute atomic E-state index is 13.6. The van der Waals surface area contributed by atoms with Gasteiger partial charge in [-0.3, -0.25) is 4.79 Å². The van der Waals surface area contributed by atoms with Gasteiger partial charge < -0.3 is 5.32 Å². The van der Waals surface area contributed by atoms with Gasteiger partial charge in [-0.1, -0.05) is 17.7 Å². The van der Waals surface area contributed by atoms with Gasteiger partial charge in [0.15, 0.2) is 5.82 Å². The second kappa shape index (κ2) is 5.51. The smallest absolute Gasteiger partial charge is 0.255 e. The third-order valence-corrected chi connectivity index (χ3v) is 2.77. The van der Waals surface area contributed by atoms with E-state index in [2.05, 4.69) is 5.32 Å². The first-order chi connectivity index (χ1) is 9.11. The molecule has 0 heterocycles.